The predicted molar refractivity (Wildman–Crippen MR) is 84.8 cm³/mol. The first-order valence-corrected chi connectivity index (χ1v) is 7.84. The molecule has 114 valence electrons. The highest BCUT2D eigenvalue weighted by atomic mass is 32.1. The van der Waals surface area contributed by atoms with Crippen molar-refractivity contribution >= 4 is 17.3 Å². The lowest BCUT2D eigenvalue weighted by Gasteiger charge is -2.14. The van der Waals surface area contributed by atoms with Crippen molar-refractivity contribution in [1.29, 1.82) is 0 Å². The number of thiophene rings is 1. The first-order chi connectivity index (χ1) is 10.2. The fraction of sp³-hybridized carbons (Fsp3) is 0.500. The van der Waals surface area contributed by atoms with E-state index in [-0.39, 0.29) is 0 Å². The Hall–Kier alpha value is -1.89. The van der Waals surface area contributed by atoms with E-state index in [2.05, 4.69) is 50.2 Å². The third-order valence-corrected chi connectivity index (χ3v) is 4.13. The zero-order valence-electron chi connectivity index (χ0n) is 12.6. The van der Waals surface area contributed by atoms with Crippen LogP contribution >= 0.6 is 11.3 Å². The van der Waals surface area contributed by atoms with E-state index in [4.69, 9.17) is 4.52 Å². The van der Waals surface area contributed by atoms with Gasteiger partial charge in [0, 0.05) is 37.4 Å². The van der Waals surface area contributed by atoms with E-state index in [1.165, 1.54) is 4.88 Å². The Kier molecular flexibility index (Phi) is 5.74. The molecule has 2 heterocycles. The molecule has 0 aromatic carbocycles. The van der Waals surface area contributed by atoms with Gasteiger partial charge in [0.25, 0.3) is 0 Å². The highest BCUT2D eigenvalue weighted by Crippen LogP contribution is 2.19. The number of hydrogen-bond acceptors (Lipinski definition) is 5. The van der Waals surface area contributed by atoms with Crippen molar-refractivity contribution in [2.75, 3.05) is 20.1 Å². The molecule has 2 N–H and O–H groups in total. The molecule has 0 spiro atoms. The van der Waals surface area contributed by atoms with Crippen LogP contribution in [0, 0.1) is 6.92 Å². The number of hydrogen-bond donors (Lipinski definition) is 2. The molecular weight excluding hydrogens is 286 g/mol. The van der Waals surface area contributed by atoms with Crippen molar-refractivity contribution < 1.29 is 4.52 Å². The number of nitrogens with zero attached hydrogens (tertiary/aromatic N) is 3. The number of nitrogens with one attached hydrogen (secondary N) is 2. The fourth-order valence-corrected chi connectivity index (χ4v) is 2.66. The summed E-state index contributed by atoms with van der Waals surface area (Å²) in [4.78, 5) is 9.75. The highest BCUT2D eigenvalue weighted by Gasteiger charge is 2.08. The van der Waals surface area contributed by atoms with Crippen LogP contribution in [0.2, 0.25) is 0 Å². The Labute approximate surface area is 128 Å². The van der Waals surface area contributed by atoms with Gasteiger partial charge >= 0.3 is 0 Å². The van der Waals surface area contributed by atoms with E-state index in [1.807, 2.05) is 6.92 Å². The SMILES string of the molecule is CN=C(NCCc1nc(C)no1)NCC(C)c1cccs1. The van der Waals surface area contributed by atoms with Crippen LogP contribution in [0.4, 0.5) is 0 Å². The molecule has 2 aromatic rings. The molecule has 0 aliphatic rings. The van der Waals surface area contributed by atoms with E-state index >= 15 is 0 Å². The number of rotatable bonds is 6. The average molecular weight is 307 g/mol. The maximum absolute atomic E-state index is 5.07. The third kappa shape index (κ3) is 4.86. The van der Waals surface area contributed by atoms with Crippen molar-refractivity contribution in [3.63, 3.8) is 0 Å². The minimum absolute atomic E-state index is 0.460. The lowest BCUT2D eigenvalue weighted by atomic mass is 10.1. The molecule has 0 fully saturated rings. The Bertz CT molecular complexity index is 564. The Morgan fingerprint density at radius 2 is 2.33 bits per heavy atom. The second kappa shape index (κ2) is 7.78. The molecule has 1 unspecified atom stereocenters. The molecule has 6 nitrogen and oxygen atoms in total. The summed E-state index contributed by atoms with van der Waals surface area (Å²) < 4.78 is 5.07. The van der Waals surface area contributed by atoms with Crippen molar-refractivity contribution in [1.82, 2.24) is 20.8 Å². The van der Waals surface area contributed by atoms with Gasteiger partial charge in [0.15, 0.2) is 11.8 Å². The molecular formula is C14H21N5OS. The van der Waals surface area contributed by atoms with Crippen LogP contribution in [0.3, 0.4) is 0 Å². The monoisotopic (exact) mass is 307 g/mol. The first kappa shape index (κ1) is 15.5. The second-order valence-corrected chi connectivity index (χ2v) is 5.76. The molecule has 2 aromatic heterocycles. The van der Waals surface area contributed by atoms with Crippen LogP contribution in [0.25, 0.3) is 0 Å². The van der Waals surface area contributed by atoms with Gasteiger partial charge in [-0.3, -0.25) is 4.99 Å². The topological polar surface area (TPSA) is 75.3 Å². The standard InChI is InChI=1S/C14H21N5OS/c1-10(12-5-4-8-21-12)9-17-14(15-3)16-7-6-13-18-11(2)19-20-13/h4-5,8,10H,6-7,9H2,1-3H3,(H2,15,16,17). The Balaban J connectivity index is 1.71. The summed E-state index contributed by atoms with van der Waals surface area (Å²) in [5.74, 6) is 2.55. The molecule has 2 rings (SSSR count). The maximum atomic E-state index is 5.07. The summed E-state index contributed by atoms with van der Waals surface area (Å²) in [5, 5.41) is 12.4. The van der Waals surface area contributed by atoms with Crippen LogP contribution in [-0.4, -0.2) is 36.2 Å². The first-order valence-electron chi connectivity index (χ1n) is 6.96. The second-order valence-electron chi connectivity index (χ2n) is 4.78. The zero-order valence-corrected chi connectivity index (χ0v) is 13.4. The molecule has 21 heavy (non-hydrogen) atoms. The Morgan fingerprint density at radius 3 is 2.95 bits per heavy atom. The van der Waals surface area contributed by atoms with Crippen molar-refractivity contribution in [2.24, 2.45) is 4.99 Å². The summed E-state index contributed by atoms with van der Waals surface area (Å²) >= 11 is 1.78. The van der Waals surface area contributed by atoms with E-state index in [9.17, 15) is 0 Å². The van der Waals surface area contributed by atoms with Crippen LogP contribution in [-0.2, 0) is 6.42 Å². The molecule has 0 saturated carbocycles. The number of aromatic nitrogens is 2. The molecule has 0 radical (unpaired) electrons. The largest absolute Gasteiger partial charge is 0.356 e. The molecule has 1 atom stereocenters. The van der Waals surface area contributed by atoms with E-state index in [1.54, 1.807) is 18.4 Å². The number of aryl methyl sites for hydroxylation is 1. The molecule has 0 aliphatic heterocycles. The number of aliphatic imine (C=N–C) groups is 1. The molecule has 0 amide bonds. The zero-order chi connectivity index (χ0) is 15.1. The van der Waals surface area contributed by atoms with Gasteiger partial charge < -0.3 is 15.2 Å². The van der Waals surface area contributed by atoms with Gasteiger partial charge in [0.2, 0.25) is 5.89 Å². The lowest BCUT2D eigenvalue weighted by molar-refractivity contribution is 0.374. The van der Waals surface area contributed by atoms with E-state index in [0.717, 1.165) is 12.5 Å². The van der Waals surface area contributed by atoms with Crippen LogP contribution in [0.15, 0.2) is 27.0 Å². The van der Waals surface area contributed by atoms with E-state index in [0.29, 0.717) is 30.6 Å². The predicted octanol–water partition coefficient (Wildman–Crippen LogP) is 1.95. The summed E-state index contributed by atoms with van der Waals surface area (Å²) in [5.41, 5.74) is 0. The quantitative estimate of drug-likeness (QED) is 0.630. The maximum Gasteiger partial charge on any atom is 0.228 e. The van der Waals surface area contributed by atoms with Gasteiger partial charge in [-0.1, -0.05) is 18.1 Å². The Morgan fingerprint density at radius 1 is 1.48 bits per heavy atom. The van der Waals surface area contributed by atoms with Gasteiger partial charge in [-0.25, -0.2) is 0 Å². The van der Waals surface area contributed by atoms with Crippen molar-refractivity contribution in [2.45, 2.75) is 26.2 Å². The summed E-state index contributed by atoms with van der Waals surface area (Å²) in [6, 6.07) is 4.24. The minimum Gasteiger partial charge on any atom is -0.356 e. The van der Waals surface area contributed by atoms with Gasteiger partial charge in [0.1, 0.15) is 0 Å². The van der Waals surface area contributed by atoms with Gasteiger partial charge in [0.05, 0.1) is 0 Å². The summed E-state index contributed by atoms with van der Waals surface area (Å²) in [7, 11) is 1.77. The van der Waals surface area contributed by atoms with Gasteiger partial charge in [-0.05, 0) is 18.4 Å². The highest BCUT2D eigenvalue weighted by molar-refractivity contribution is 7.10. The molecule has 0 aliphatic carbocycles. The average Bonchev–Trinajstić information content (AvgIpc) is 3.14. The van der Waals surface area contributed by atoms with Crippen molar-refractivity contribution in [3.05, 3.63) is 34.1 Å². The van der Waals surface area contributed by atoms with Gasteiger partial charge in [-0.2, -0.15) is 4.98 Å². The number of guanidine groups is 1. The summed E-state index contributed by atoms with van der Waals surface area (Å²) in [6.45, 7) is 5.56. The van der Waals surface area contributed by atoms with Crippen molar-refractivity contribution in [3.8, 4) is 0 Å². The van der Waals surface area contributed by atoms with Crippen LogP contribution in [0.1, 0.15) is 29.4 Å². The summed E-state index contributed by atoms with van der Waals surface area (Å²) in [6.07, 6.45) is 0.683. The normalized spacial score (nSPS) is 13.2. The molecule has 0 saturated heterocycles. The van der Waals surface area contributed by atoms with Crippen LogP contribution in [0.5, 0.6) is 0 Å². The lowest BCUT2D eigenvalue weighted by Crippen LogP contribution is -2.39. The third-order valence-electron chi connectivity index (χ3n) is 3.03. The minimum atomic E-state index is 0.460. The fourth-order valence-electron chi connectivity index (χ4n) is 1.87. The van der Waals surface area contributed by atoms with Gasteiger partial charge in [-0.15, -0.1) is 11.3 Å². The van der Waals surface area contributed by atoms with E-state index < -0.39 is 0 Å². The van der Waals surface area contributed by atoms with Crippen LogP contribution < -0.4 is 10.6 Å². The molecule has 0 bridgehead atoms. The smallest absolute Gasteiger partial charge is 0.228 e. The molecule has 7 heteroatoms.